The van der Waals surface area contributed by atoms with E-state index in [0.29, 0.717) is 41.9 Å². The van der Waals surface area contributed by atoms with Crippen LogP contribution in [0.2, 0.25) is 52.4 Å². The van der Waals surface area contributed by atoms with Gasteiger partial charge in [-0.15, -0.1) is 0 Å². The second-order valence-corrected chi connectivity index (χ2v) is 24.7. The molecule has 0 fully saturated rings. The van der Waals surface area contributed by atoms with E-state index in [2.05, 4.69) is 13.1 Å². The normalized spacial score (nSPS) is 9.35. The SMILES string of the molecule is C.C.C.C.C.C.C[Si](C)(O)O.C[Si](C)(O)O[SiH3].C[Si](C)(O)O[SiH3].C[Si](C)(O[SiH3])O[SiH3].O[SiH3].O[SiH3]. The Kier molecular flexibility index (Phi) is 101. The Balaban J connectivity index is -0.0000000172. The number of hydrogen-bond acceptors (Lipinski definition) is 10. The molecule has 0 heterocycles. The highest BCUT2D eigenvalue weighted by Gasteiger charge is 2.17. The molecular weight excluding hydrogens is 609 g/mol. The van der Waals surface area contributed by atoms with Crippen molar-refractivity contribution in [2.24, 2.45) is 0 Å². The maximum atomic E-state index is 8.78. The predicted molar refractivity (Wildman–Crippen MR) is 188 cm³/mol. The molecule has 0 aromatic rings. The third-order valence-electron chi connectivity index (χ3n) is 1.98. The maximum Gasteiger partial charge on any atom is 0.326 e. The van der Waals surface area contributed by atoms with Crippen LogP contribution in [0.5, 0.6) is 0 Å². The molecule has 0 radical (unpaired) electrons. The molecule has 0 saturated carbocycles. The summed E-state index contributed by atoms with van der Waals surface area (Å²) in [7, 11) is -4.72. The summed E-state index contributed by atoms with van der Waals surface area (Å²) < 4.78 is 19.9. The minimum atomic E-state index is -2.61. The van der Waals surface area contributed by atoms with Crippen molar-refractivity contribution >= 4 is 97.2 Å². The van der Waals surface area contributed by atoms with E-state index in [1.54, 1.807) is 26.2 Å². The van der Waals surface area contributed by atoms with Gasteiger partial charge in [0, 0.05) is 0 Å². The fourth-order valence-electron chi connectivity index (χ4n) is 0.0833. The van der Waals surface area contributed by atoms with Crippen LogP contribution in [0.25, 0.3) is 0 Å². The lowest BCUT2D eigenvalue weighted by Gasteiger charge is -2.17. The molecule has 10 nitrogen and oxygen atoms in total. The lowest BCUT2D eigenvalue weighted by molar-refractivity contribution is 0.382. The van der Waals surface area contributed by atoms with Crippen LogP contribution in [0.3, 0.4) is 0 Å². The van der Waals surface area contributed by atoms with Gasteiger partial charge in [-0.1, -0.05) is 44.6 Å². The highest BCUT2D eigenvalue weighted by atomic mass is 28.4. The van der Waals surface area contributed by atoms with Crippen molar-refractivity contribution in [1.29, 1.82) is 0 Å². The van der Waals surface area contributed by atoms with Gasteiger partial charge in [0.25, 0.3) is 0 Å². The number of rotatable bonds is 4. The van der Waals surface area contributed by atoms with E-state index in [9.17, 15) is 0 Å². The molecule has 6 N–H and O–H groups in total. The Morgan fingerprint density at radius 2 is 0.500 bits per heavy atom. The average molecular weight is 682 g/mol. The summed E-state index contributed by atoms with van der Waals surface area (Å²) in [6, 6.07) is 0. The summed E-state index contributed by atoms with van der Waals surface area (Å²) in [5.41, 5.74) is 0. The van der Waals surface area contributed by atoms with Crippen LogP contribution < -0.4 is 0 Å². The number of hydrogen-bond donors (Lipinski definition) is 6. The van der Waals surface area contributed by atoms with E-state index in [1.807, 2.05) is 0 Å². The van der Waals surface area contributed by atoms with Gasteiger partial charge in [0.1, 0.15) is 62.9 Å². The summed E-state index contributed by atoms with van der Waals surface area (Å²) in [5.74, 6) is 0. The largest absolute Gasteiger partial charge is 0.445 e. The van der Waals surface area contributed by atoms with Crippen molar-refractivity contribution in [3.05, 3.63) is 0 Å². The summed E-state index contributed by atoms with van der Waals surface area (Å²) in [4.78, 5) is 48.3. The fraction of sp³-hybridized carbons (Fsp3) is 1.00. The van der Waals surface area contributed by atoms with Crippen LogP contribution in [0.15, 0.2) is 0 Å². The second kappa shape index (κ2) is 44.7. The molecule has 0 unspecified atom stereocenters. The molecule has 0 aromatic heterocycles. The molecule has 0 aliphatic heterocycles. The third kappa shape index (κ3) is 191. The molecule has 0 aromatic carbocycles. The van der Waals surface area contributed by atoms with Gasteiger partial charge in [-0.25, -0.2) is 0 Å². The Morgan fingerprint density at radius 1 is 0.412 bits per heavy atom. The van der Waals surface area contributed by atoms with Gasteiger partial charge in [-0.05, 0) is 52.4 Å². The van der Waals surface area contributed by atoms with Crippen LogP contribution >= 0.6 is 0 Å². The van der Waals surface area contributed by atoms with E-state index < -0.39 is 34.2 Å². The van der Waals surface area contributed by atoms with Crippen molar-refractivity contribution in [3.63, 3.8) is 0 Å². The van der Waals surface area contributed by atoms with E-state index in [-0.39, 0.29) is 44.6 Å². The maximum absolute atomic E-state index is 8.78. The third-order valence-corrected chi connectivity index (χ3v) is 17.8. The van der Waals surface area contributed by atoms with Crippen molar-refractivity contribution in [3.8, 4) is 0 Å². The van der Waals surface area contributed by atoms with Gasteiger partial charge < -0.3 is 45.2 Å². The van der Waals surface area contributed by atoms with Crippen molar-refractivity contribution in [1.82, 2.24) is 0 Å². The van der Waals surface area contributed by atoms with Crippen molar-refractivity contribution in [2.75, 3.05) is 0 Å². The molecule has 0 spiro atoms. The van der Waals surface area contributed by atoms with E-state index in [0.717, 1.165) is 21.0 Å². The van der Waals surface area contributed by atoms with Crippen LogP contribution in [-0.2, 0) is 16.5 Å². The zero-order valence-corrected chi connectivity index (χ0v) is 36.3. The first-order valence-electron chi connectivity index (χ1n) is 8.24. The molecule has 0 saturated heterocycles. The molecule has 228 valence electrons. The molecule has 0 aliphatic rings. The van der Waals surface area contributed by atoms with Crippen LogP contribution in [0, 0.1) is 0 Å². The van der Waals surface area contributed by atoms with Gasteiger partial charge in [0.05, 0.1) is 0 Å². The minimum absolute atomic E-state index is 0. The molecule has 34 heavy (non-hydrogen) atoms. The Bertz CT molecular complexity index is 264. The van der Waals surface area contributed by atoms with Gasteiger partial charge in [-0.2, -0.15) is 0 Å². The molecule has 0 bridgehead atoms. The monoisotopic (exact) mass is 680 g/mol. The molecular formula is C14H72O10Si10. The first kappa shape index (κ1) is 76.5. The lowest BCUT2D eigenvalue weighted by Crippen LogP contribution is -2.32. The Morgan fingerprint density at radius 3 is 0.500 bits per heavy atom. The highest BCUT2D eigenvalue weighted by molar-refractivity contribution is 6.70. The van der Waals surface area contributed by atoms with E-state index in [1.165, 1.54) is 13.1 Å². The van der Waals surface area contributed by atoms with Crippen LogP contribution in [0.1, 0.15) is 44.6 Å². The first-order valence-corrected chi connectivity index (χ1v) is 24.7. The van der Waals surface area contributed by atoms with Gasteiger partial charge in [-0.3, -0.25) is 0 Å². The standard InChI is InChI=1S/C2H12O2Si3.2C2H10O2Si2.C2H8O2Si.6CH4.2H4OSi/c1-7(2,3-5)4-6;2*1-6(2,3)4-5;1-5(2,3)4;;;;;;;2*1-2/h1-2,5-6H3;2*3H,1-2,5H3;3-4H,1-2H3;6*1H4;2*1H,2H3. The minimum Gasteiger partial charge on any atom is -0.445 e. The zero-order valence-electron chi connectivity index (χ0n) is 20.3. The quantitative estimate of drug-likeness (QED) is 0.163. The van der Waals surface area contributed by atoms with Crippen molar-refractivity contribution < 1.29 is 45.2 Å². The zero-order chi connectivity index (χ0) is 24.8. The predicted octanol–water partition coefficient (Wildman–Crippen LogP) is -3.76. The van der Waals surface area contributed by atoms with Crippen LogP contribution in [0.4, 0.5) is 0 Å². The molecule has 0 atom stereocenters. The Labute approximate surface area is 238 Å². The summed E-state index contributed by atoms with van der Waals surface area (Å²) in [6.45, 7) is 14.0. The summed E-state index contributed by atoms with van der Waals surface area (Å²) in [6.07, 6.45) is 0. The molecule has 0 rings (SSSR count). The summed E-state index contributed by atoms with van der Waals surface area (Å²) in [5, 5.41) is 0. The Hall–Kier alpha value is 1.77. The van der Waals surface area contributed by atoms with Crippen molar-refractivity contribution in [2.45, 2.75) is 96.9 Å². The molecule has 20 heteroatoms. The molecule has 0 aliphatic carbocycles. The van der Waals surface area contributed by atoms with Gasteiger partial charge >= 0.3 is 34.2 Å². The summed E-state index contributed by atoms with van der Waals surface area (Å²) >= 11 is 0. The first-order chi connectivity index (χ1) is 12.2. The van der Waals surface area contributed by atoms with E-state index in [4.69, 9.17) is 45.2 Å². The van der Waals surface area contributed by atoms with Crippen LogP contribution in [-0.4, -0.2) is 126 Å². The lowest BCUT2D eigenvalue weighted by atomic mass is 11.9. The highest BCUT2D eigenvalue weighted by Crippen LogP contribution is 1.99. The van der Waals surface area contributed by atoms with Gasteiger partial charge in [0.2, 0.25) is 0 Å². The second-order valence-electron chi connectivity index (χ2n) is 6.60. The topological polar surface area (TPSA) is 158 Å². The smallest absolute Gasteiger partial charge is 0.326 e. The molecule has 0 amide bonds. The van der Waals surface area contributed by atoms with Gasteiger partial charge in [0.15, 0.2) is 0 Å². The average Bonchev–Trinajstić information content (AvgIpc) is 2.57. The van der Waals surface area contributed by atoms with E-state index >= 15 is 0 Å². The fourth-order valence-corrected chi connectivity index (χ4v) is 2.25.